The summed E-state index contributed by atoms with van der Waals surface area (Å²) < 4.78 is 10.7. The lowest BCUT2D eigenvalue weighted by Gasteiger charge is -2.00. The molecule has 0 amide bonds. The number of hydrogen-bond acceptors (Lipinski definition) is 5. The van der Waals surface area contributed by atoms with Crippen molar-refractivity contribution in [1.29, 1.82) is 0 Å². The van der Waals surface area contributed by atoms with Crippen LogP contribution < -0.4 is 15.3 Å². The lowest BCUT2D eigenvalue weighted by Crippen LogP contribution is -2.25. The molecule has 2 aromatic rings. The van der Waals surface area contributed by atoms with E-state index in [0.29, 0.717) is 16.8 Å². The summed E-state index contributed by atoms with van der Waals surface area (Å²) >= 11 is 0. The van der Waals surface area contributed by atoms with Crippen molar-refractivity contribution >= 4 is 17.1 Å². The Bertz CT molecular complexity index is 595. The molecular formula is C10H9NO5. The average molecular weight is 223 g/mol. The number of rotatable bonds is 2. The molecule has 0 saturated carbocycles. The predicted molar refractivity (Wildman–Crippen MR) is 54.3 cm³/mol. The molecule has 2 rings (SSSR count). The van der Waals surface area contributed by atoms with E-state index in [4.69, 9.17) is 14.0 Å². The fraction of sp³-hybridized carbons (Fsp3) is 0.200. The Labute approximate surface area is 89.9 Å². The summed E-state index contributed by atoms with van der Waals surface area (Å²) in [5.41, 5.74) is 0.673. The quantitative estimate of drug-likeness (QED) is 0.744. The molecule has 0 unspecified atom stereocenters. The minimum Gasteiger partial charge on any atom is -0.497 e. The average Bonchev–Trinajstić information content (AvgIpc) is 2.54. The maximum atomic E-state index is 11.4. The Morgan fingerprint density at radius 3 is 2.81 bits per heavy atom. The van der Waals surface area contributed by atoms with Crippen LogP contribution in [0.2, 0.25) is 0 Å². The second-order valence-electron chi connectivity index (χ2n) is 3.08. The molecule has 0 fully saturated rings. The number of hydrogen-bond donors (Lipinski definition) is 0. The molecule has 1 aromatic carbocycles. The van der Waals surface area contributed by atoms with Gasteiger partial charge < -0.3 is 14.0 Å². The predicted octanol–water partition coefficient (Wildman–Crippen LogP) is 0.578. The highest BCUT2D eigenvalue weighted by Crippen LogP contribution is 2.19. The Hall–Kier alpha value is -2.24. The molecule has 6 heteroatoms. The number of fused-ring (bicyclic) bond motifs is 1. The number of methoxy groups -OCH3 is 1. The summed E-state index contributed by atoms with van der Waals surface area (Å²) in [5.74, 6) is -0.796. The van der Waals surface area contributed by atoms with Crippen molar-refractivity contribution in [2.24, 2.45) is 0 Å². The largest absolute Gasteiger partial charge is 0.497 e. The van der Waals surface area contributed by atoms with E-state index in [0.717, 1.165) is 4.73 Å². The van der Waals surface area contributed by atoms with E-state index in [-0.39, 0.29) is 0 Å². The normalized spacial score (nSPS) is 10.4. The number of oxazole rings is 1. The molecule has 0 saturated heterocycles. The van der Waals surface area contributed by atoms with Gasteiger partial charge in [0, 0.05) is 13.0 Å². The van der Waals surface area contributed by atoms with Gasteiger partial charge in [0.2, 0.25) is 0 Å². The van der Waals surface area contributed by atoms with Gasteiger partial charge in [0.05, 0.1) is 7.11 Å². The van der Waals surface area contributed by atoms with Crippen LogP contribution in [0.25, 0.3) is 11.1 Å². The molecule has 0 spiro atoms. The van der Waals surface area contributed by atoms with Gasteiger partial charge in [-0.1, -0.05) is 4.73 Å². The van der Waals surface area contributed by atoms with Crippen molar-refractivity contribution in [3.8, 4) is 5.75 Å². The van der Waals surface area contributed by atoms with Crippen molar-refractivity contribution in [3.05, 3.63) is 28.7 Å². The first-order valence-corrected chi connectivity index (χ1v) is 4.50. The van der Waals surface area contributed by atoms with E-state index >= 15 is 0 Å². The van der Waals surface area contributed by atoms with Crippen LogP contribution in [0.5, 0.6) is 5.75 Å². The zero-order valence-electron chi connectivity index (χ0n) is 8.72. The van der Waals surface area contributed by atoms with Gasteiger partial charge in [0.1, 0.15) is 11.3 Å². The van der Waals surface area contributed by atoms with Gasteiger partial charge in [-0.3, -0.25) is 0 Å². The zero-order valence-corrected chi connectivity index (χ0v) is 8.72. The topological polar surface area (TPSA) is 70.7 Å². The van der Waals surface area contributed by atoms with Crippen LogP contribution >= 0.6 is 0 Å². The van der Waals surface area contributed by atoms with Gasteiger partial charge in [0.25, 0.3) is 0 Å². The summed E-state index contributed by atoms with van der Waals surface area (Å²) in [6.45, 7) is 1.20. The number of carbonyl (C=O) groups is 1. The Balaban J connectivity index is 2.62. The van der Waals surface area contributed by atoms with E-state index in [9.17, 15) is 9.59 Å². The van der Waals surface area contributed by atoms with Crippen LogP contribution in [0, 0.1) is 0 Å². The fourth-order valence-electron chi connectivity index (χ4n) is 1.32. The van der Waals surface area contributed by atoms with Gasteiger partial charge in [-0.25, -0.2) is 9.59 Å². The summed E-state index contributed by atoms with van der Waals surface area (Å²) in [6.07, 6.45) is 0. The van der Waals surface area contributed by atoms with Gasteiger partial charge in [-0.05, 0) is 12.1 Å². The number of ether oxygens (including phenoxy) is 1. The van der Waals surface area contributed by atoms with Crippen LogP contribution in [0.4, 0.5) is 0 Å². The standard InChI is InChI=1S/C10H9NO5/c1-6(12)16-11-8-4-3-7(14-2)5-9(8)15-10(11)13/h3-5H,1-2H3. The molecule has 0 aliphatic rings. The molecule has 1 aromatic heterocycles. The van der Waals surface area contributed by atoms with Crippen LogP contribution in [0.3, 0.4) is 0 Å². The third-order valence-electron chi connectivity index (χ3n) is 1.97. The van der Waals surface area contributed by atoms with Crippen LogP contribution in [-0.2, 0) is 4.79 Å². The minimum atomic E-state index is -0.751. The van der Waals surface area contributed by atoms with E-state index in [1.807, 2.05) is 0 Å². The monoisotopic (exact) mass is 223 g/mol. The van der Waals surface area contributed by atoms with E-state index in [1.54, 1.807) is 12.1 Å². The van der Waals surface area contributed by atoms with Crippen molar-refractivity contribution in [3.63, 3.8) is 0 Å². The first-order chi connectivity index (χ1) is 7.61. The Kier molecular flexibility index (Phi) is 2.40. The Morgan fingerprint density at radius 2 is 2.19 bits per heavy atom. The molecule has 0 atom stereocenters. The number of nitrogens with zero attached hydrogens (tertiary/aromatic N) is 1. The second-order valence-corrected chi connectivity index (χ2v) is 3.08. The van der Waals surface area contributed by atoms with Crippen molar-refractivity contribution < 1.29 is 18.8 Å². The molecule has 6 nitrogen and oxygen atoms in total. The van der Waals surface area contributed by atoms with Gasteiger partial charge in [0.15, 0.2) is 5.58 Å². The van der Waals surface area contributed by atoms with Gasteiger partial charge in [-0.2, -0.15) is 0 Å². The molecule has 0 N–H and O–H groups in total. The van der Waals surface area contributed by atoms with Crippen molar-refractivity contribution in [2.45, 2.75) is 6.92 Å². The van der Waals surface area contributed by atoms with E-state index in [1.165, 1.54) is 20.1 Å². The van der Waals surface area contributed by atoms with E-state index in [2.05, 4.69) is 0 Å². The molecule has 16 heavy (non-hydrogen) atoms. The first-order valence-electron chi connectivity index (χ1n) is 4.50. The summed E-state index contributed by atoms with van der Waals surface area (Å²) in [6, 6.07) is 4.75. The smallest absolute Gasteiger partial charge is 0.453 e. The Morgan fingerprint density at radius 1 is 1.44 bits per heavy atom. The molecule has 0 radical (unpaired) electrons. The highest BCUT2D eigenvalue weighted by Gasteiger charge is 2.12. The van der Waals surface area contributed by atoms with Crippen LogP contribution in [0.15, 0.2) is 27.4 Å². The fourth-order valence-corrected chi connectivity index (χ4v) is 1.32. The molecule has 0 aliphatic heterocycles. The maximum absolute atomic E-state index is 11.4. The number of benzene rings is 1. The maximum Gasteiger partial charge on any atom is 0.453 e. The number of carbonyl (C=O) groups excluding carboxylic acids is 1. The molecule has 0 bridgehead atoms. The molecule has 1 heterocycles. The lowest BCUT2D eigenvalue weighted by atomic mass is 10.3. The summed E-state index contributed by atoms with van der Waals surface area (Å²) in [4.78, 5) is 26.8. The molecular weight excluding hydrogens is 214 g/mol. The van der Waals surface area contributed by atoms with E-state index < -0.39 is 11.7 Å². The molecule has 0 aliphatic carbocycles. The van der Waals surface area contributed by atoms with Crippen LogP contribution in [0.1, 0.15) is 6.92 Å². The minimum absolute atomic E-state index is 0.297. The first kappa shape index (κ1) is 10.3. The summed E-state index contributed by atoms with van der Waals surface area (Å²) in [7, 11) is 1.50. The second kappa shape index (κ2) is 3.73. The third kappa shape index (κ3) is 1.65. The van der Waals surface area contributed by atoms with Gasteiger partial charge >= 0.3 is 11.7 Å². The summed E-state index contributed by atoms with van der Waals surface area (Å²) in [5, 5.41) is 0. The molecule has 84 valence electrons. The SMILES string of the molecule is COc1ccc2c(c1)oc(=O)n2OC(C)=O. The highest BCUT2D eigenvalue weighted by molar-refractivity contribution is 5.75. The highest BCUT2D eigenvalue weighted by atomic mass is 16.7. The van der Waals surface area contributed by atoms with Gasteiger partial charge in [-0.15, -0.1) is 0 Å². The number of aromatic nitrogens is 1. The third-order valence-corrected chi connectivity index (χ3v) is 1.97. The van der Waals surface area contributed by atoms with Crippen LogP contribution in [-0.4, -0.2) is 17.8 Å². The lowest BCUT2D eigenvalue weighted by molar-refractivity contribution is -0.141. The zero-order chi connectivity index (χ0) is 11.7. The van der Waals surface area contributed by atoms with Crippen molar-refractivity contribution in [2.75, 3.05) is 7.11 Å². The van der Waals surface area contributed by atoms with Crippen molar-refractivity contribution in [1.82, 2.24) is 4.73 Å².